The molecule has 2 aromatic carbocycles. The lowest BCUT2D eigenvalue weighted by atomic mass is 10.0. The van der Waals surface area contributed by atoms with Gasteiger partial charge >= 0.3 is 6.18 Å². The van der Waals surface area contributed by atoms with Crippen molar-refractivity contribution in [1.29, 1.82) is 5.26 Å². The minimum Gasteiger partial charge on any atom is -0.486 e. The maximum atomic E-state index is 13.5. The molecule has 7 nitrogen and oxygen atoms in total. The van der Waals surface area contributed by atoms with Gasteiger partial charge in [0, 0.05) is 18.3 Å². The van der Waals surface area contributed by atoms with Crippen molar-refractivity contribution in [3.8, 4) is 17.6 Å². The molecule has 1 saturated heterocycles. The van der Waals surface area contributed by atoms with Gasteiger partial charge in [-0.05, 0) is 63.4 Å². The monoisotopic (exact) mass is 490 g/mol. The summed E-state index contributed by atoms with van der Waals surface area (Å²) in [6.45, 7) is 4.21. The summed E-state index contributed by atoms with van der Waals surface area (Å²) in [6.07, 6.45) is -4.91. The fourth-order valence-corrected chi connectivity index (χ4v) is 4.55. The number of amides is 1. The van der Waals surface area contributed by atoms with Crippen LogP contribution < -0.4 is 24.6 Å². The average molecular weight is 491 g/mol. The molecular weight excluding hydrogens is 469 g/mol. The Morgan fingerprint density at radius 3 is 2.56 bits per heavy atom. The number of benzene rings is 2. The number of fused-ring (bicyclic) bond motifs is 1. The van der Waals surface area contributed by atoms with Gasteiger partial charge in [-0.25, -0.2) is 0 Å². The number of nitrogens with zero attached hydrogens (tertiary/aromatic N) is 3. The van der Waals surface area contributed by atoms with E-state index in [0.717, 1.165) is 17.0 Å². The Bertz CT molecular complexity index is 1210. The van der Waals surface area contributed by atoms with E-state index >= 15 is 0 Å². The first-order valence-corrected chi connectivity index (χ1v) is 10.8. The third-order valence-electron chi connectivity index (χ3n) is 5.69. The van der Waals surface area contributed by atoms with Crippen LogP contribution in [0.15, 0.2) is 36.4 Å². The Kier molecular flexibility index (Phi) is 5.91. The molecule has 0 aromatic heterocycles. The molecule has 1 fully saturated rings. The lowest BCUT2D eigenvalue weighted by Gasteiger charge is -2.31. The van der Waals surface area contributed by atoms with Crippen molar-refractivity contribution >= 4 is 34.6 Å². The lowest BCUT2D eigenvalue weighted by Crippen LogP contribution is -2.44. The van der Waals surface area contributed by atoms with Crippen LogP contribution in [-0.4, -0.2) is 42.9 Å². The Balaban J connectivity index is 1.71. The number of alkyl halides is 3. The summed E-state index contributed by atoms with van der Waals surface area (Å²) in [5.41, 5.74) is -2.39. The summed E-state index contributed by atoms with van der Waals surface area (Å²) < 4.78 is 52.2. The van der Waals surface area contributed by atoms with E-state index in [1.54, 1.807) is 36.9 Å². The molecule has 2 aromatic rings. The maximum Gasteiger partial charge on any atom is 0.417 e. The third-order valence-corrected chi connectivity index (χ3v) is 6.06. The van der Waals surface area contributed by atoms with Crippen LogP contribution >= 0.6 is 12.2 Å². The highest BCUT2D eigenvalue weighted by Crippen LogP contribution is 2.42. The second-order valence-corrected chi connectivity index (χ2v) is 8.76. The van der Waals surface area contributed by atoms with Crippen LogP contribution in [0.2, 0.25) is 0 Å². The number of hydrogen-bond donors (Lipinski definition) is 1. The molecule has 4 rings (SSSR count). The van der Waals surface area contributed by atoms with Gasteiger partial charge in [-0.1, -0.05) is 0 Å². The number of likely N-dealkylation sites (N-methyl/N-ethyl adjacent to an activating group) is 1. The molecule has 2 aliphatic rings. The normalized spacial score (nSPS) is 19.4. The van der Waals surface area contributed by atoms with E-state index in [1.807, 2.05) is 7.05 Å². The fourth-order valence-electron chi connectivity index (χ4n) is 4.03. The van der Waals surface area contributed by atoms with Crippen LogP contribution in [0.1, 0.15) is 25.0 Å². The van der Waals surface area contributed by atoms with Crippen molar-refractivity contribution in [1.82, 2.24) is 5.32 Å². The Morgan fingerprint density at radius 1 is 1.21 bits per heavy atom. The smallest absolute Gasteiger partial charge is 0.417 e. The fraction of sp³-hybridized carbons (Fsp3) is 0.348. The summed E-state index contributed by atoms with van der Waals surface area (Å²) in [5, 5.41) is 12.1. The van der Waals surface area contributed by atoms with Crippen molar-refractivity contribution < 1.29 is 27.4 Å². The van der Waals surface area contributed by atoms with Gasteiger partial charge in [-0.3, -0.25) is 9.69 Å². The minimum absolute atomic E-state index is 0.0116. The van der Waals surface area contributed by atoms with Crippen LogP contribution in [-0.2, 0) is 11.0 Å². The number of nitriles is 1. The molecule has 0 radical (unpaired) electrons. The van der Waals surface area contributed by atoms with Crippen LogP contribution in [0, 0.1) is 11.3 Å². The molecule has 1 unspecified atom stereocenters. The number of thiocarbonyl (C=S) groups is 1. The number of rotatable bonds is 4. The number of carbonyl (C=O) groups excluding carboxylic acids is 1. The Labute approximate surface area is 199 Å². The number of anilines is 2. The van der Waals surface area contributed by atoms with E-state index in [2.05, 4.69) is 5.32 Å². The van der Waals surface area contributed by atoms with Gasteiger partial charge in [-0.2, -0.15) is 18.4 Å². The highest BCUT2D eigenvalue weighted by atomic mass is 32.1. The number of halogens is 3. The second-order valence-electron chi connectivity index (χ2n) is 8.40. The number of hydrogen-bond acceptors (Lipinski definition) is 6. The molecule has 2 heterocycles. The van der Waals surface area contributed by atoms with Gasteiger partial charge in [0.05, 0.1) is 22.9 Å². The molecule has 2 aliphatic heterocycles. The van der Waals surface area contributed by atoms with Crippen molar-refractivity contribution in [2.45, 2.75) is 31.7 Å². The van der Waals surface area contributed by atoms with E-state index < -0.39 is 28.7 Å². The third kappa shape index (κ3) is 3.93. The van der Waals surface area contributed by atoms with Crippen molar-refractivity contribution in [2.24, 2.45) is 0 Å². The first kappa shape index (κ1) is 23.8. The van der Waals surface area contributed by atoms with E-state index in [9.17, 15) is 18.0 Å². The summed E-state index contributed by atoms with van der Waals surface area (Å²) in [4.78, 5) is 16.0. The van der Waals surface area contributed by atoms with Crippen molar-refractivity contribution in [3.05, 3.63) is 47.5 Å². The van der Waals surface area contributed by atoms with E-state index in [0.29, 0.717) is 30.3 Å². The van der Waals surface area contributed by atoms with Gasteiger partial charge in [0.1, 0.15) is 18.2 Å². The summed E-state index contributed by atoms with van der Waals surface area (Å²) >= 11 is 5.56. The zero-order chi connectivity index (χ0) is 24.8. The molecule has 34 heavy (non-hydrogen) atoms. The standard InChI is InChI=1S/C23H21F3N4O3S/c1-22(2)20(31)29(14-5-4-13(10-27)17(8-14)23(24,25)26)21(34)30(22)15-6-7-18-19(9-15)32-12-16(33-18)11-28-3/h4-9,16,28H,11-12H2,1-3H3. The van der Waals surface area contributed by atoms with E-state index in [1.165, 1.54) is 12.1 Å². The summed E-state index contributed by atoms with van der Waals surface area (Å²) in [5.74, 6) is 0.523. The highest BCUT2D eigenvalue weighted by Gasteiger charge is 2.51. The first-order valence-electron chi connectivity index (χ1n) is 10.4. The Morgan fingerprint density at radius 2 is 1.91 bits per heavy atom. The van der Waals surface area contributed by atoms with Gasteiger partial charge in [-0.15, -0.1) is 0 Å². The molecule has 1 atom stereocenters. The molecular formula is C23H21F3N4O3S. The molecule has 0 aliphatic carbocycles. The van der Waals surface area contributed by atoms with Crippen molar-refractivity contribution in [3.63, 3.8) is 0 Å². The molecule has 1 N–H and O–H groups in total. The van der Waals surface area contributed by atoms with Crippen LogP contribution in [0.4, 0.5) is 24.5 Å². The topological polar surface area (TPSA) is 77.8 Å². The van der Waals surface area contributed by atoms with Crippen LogP contribution in [0.5, 0.6) is 11.5 Å². The molecule has 0 spiro atoms. The second kappa shape index (κ2) is 8.45. The summed E-state index contributed by atoms with van der Waals surface area (Å²) in [7, 11) is 1.81. The quantitative estimate of drug-likeness (QED) is 0.653. The first-order chi connectivity index (χ1) is 16.0. The van der Waals surface area contributed by atoms with E-state index in [4.69, 9.17) is 27.0 Å². The maximum absolute atomic E-state index is 13.5. The Hall–Kier alpha value is -3.36. The van der Waals surface area contributed by atoms with Crippen LogP contribution in [0.3, 0.4) is 0 Å². The predicted molar refractivity (Wildman–Crippen MR) is 123 cm³/mol. The van der Waals surface area contributed by atoms with E-state index in [-0.39, 0.29) is 16.9 Å². The average Bonchev–Trinajstić information content (AvgIpc) is 2.96. The zero-order valence-corrected chi connectivity index (χ0v) is 19.4. The number of ether oxygens (including phenoxy) is 2. The van der Waals surface area contributed by atoms with Crippen LogP contribution in [0.25, 0.3) is 0 Å². The zero-order valence-electron chi connectivity index (χ0n) is 18.6. The SMILES string of the molecule is CNCC1COc2cc(N3C(=S)N(c4ccc(C#N)c(C(F)(F)F)c4)C(=O)C3(C)C)ccc2O1. The highest BCUT2D eigenvalue weighted by molar-refractivity contribution is 7.81. The summed E-state index contributed by atoms with van der Waals surface area (Å²) in [6, 6.07) is 9.74. The largest absolute Gasteiger partial charge is 0.486 e. The van der Waals surface area contributed by atoms with Gasteiger partial charge < -0.3 is 19.7 Å². The molecule has 11 heteroatoms. The van der Waals surface area contributed by atoms with Gasteiger partial charge in [0.25, 0.3) is 5.91 Å². The predicted octanol–water partition coefficient (Wildman–Crippen LogP) is 3.85. The number of carbonyl (C=O) groups is 1. The minimum atomic E-state index is -4.76. The van der Waals surface area contributed by atoms with Gasteiger partial charge in [0.15, 0.2) is 16.6 Å². The van der Waals surface area contributed by atoms with Crippen molar-refractivity contribution in [2.75, 3.05) is 30.0 Å². The molecule has 0 saturated carbocycles. The number of nitrogens with one attached hydrogen (secondary N) is 1. The molecule has 1 amide bonds. The molecule has 0 bridgehead atoms. The lowest BCUT2D eigenvalue weighted by molar-refractivity contribution is -0.137. The van der Waals surface area contributed by atoms with Gasteiger partial charge in [0.2, 0.25) is 0 Å². The molecule has 178 valence electrons.